The third kappa shape index (κ3) is 2.38. The normalized spacial score (nSPS) is 16.1. The average Bonchev–Trinajstić information content (AvgIpc) is 3.00. The van der Waals surface area contributed by atoms with E-state index < -0.39 is 0 Å². The topological polar surface area (TPSA) is 42.0 Å². The van der Waals surface area contributed by atoms with Gasteiger partial charge in [-0.15, -0.1) is 11.3 Å². The van der Waals surface area contributed by atoms with Crippen molar-refractivity contribution in [1.29, 1.82) is 0 Å². The minimum atomic E-state index is -0.225. The van der Waals surface area contributed by atoms with Crippen molar-refractivity contribution in [2.24, 2.45) is 0 Å². The maximum atomic E-state index is 13.8. The number of nitrogens with zero attached hydrogens (tertiary/aromatic N) is 1. The van der Waals surface area contributed by atoms with Crippen LogP contribution in [0.25, 0.3) is 0 Å². The van der Waals surface area contributed by atoms with Crippen molar-refractivity contribution in [3.8, 4) is 0 Å². The smallest absolute Gasteiger partial charge is 0.270 e. The zero-order valence-corrected chi connectivity index (χ0v) is 11.0. The van der Waals surface area contributed by atoms with Gasteiger partial charge in [0.15, 0.2) is 0 Å². The van der Waals surface area contributed by atoms with E-state index in [1.807, 2.05) is 6.07 Å². The van der Waals surface area contributed by atoms with Crippen LogP contribution in [0.1, 0.15) is 28.9 Å². The number of carbonyl (C=O) groups excluding carboxylic acids is 1. The maximum Gasteiger partial charge on any atom is 0.270 e. The number of carbonyl (C=O) groups is 1. The van der Waals surface area contributed by atoms with Crippen LogP contribution in [0.4, 0.5) is 4.39 Å². The van der Waals surface area contributed by atoms with Crippen molar-refractivity contribution < 1.29 is 9.18 Å². The summed E-state index contributed by atoms with van der Waals surface area (Å²) in [7, 11) is 0. The lowest BCUT2D eigenvalue weighted by Gasteiger charge is -2.16. The Hall–Kier alpha value is -1.75. The second-order valence-corrected chi connectivity index (χ2v) is 5.54. The van der Waals surface area contributed by atoms with Crippen LogP contribution in [0.5, 0.6) is 0 Å². The Morgan fingerprint density at radius 2 is 2.21 bits per heavy atom. The first-order valence-electron chi connectivity index (χ1n) is 6.13. The molecule has 1 N–H and O–H groups in total. The Balaban J connectivity index is 1.70. The largest absolute Gasteiger partial charge is 0.350 e. The van der Waals surface area contributed by atoms with E-state index in [9.17, 15) is 9.18 Å². The van der Waals surface area contributed by atoms with Gasteiger partial charge < -0.3 is 5.32 Å². The molecule has 0 atom stereocenters. The third-order valence-electron chi connectivity index (χ3n) is 3.55. The number of rotatable bonds is 4. The molecule has 0 aliphatic heterocycles. The molecule has 98 valence electrons. The molecule has 1 aliphatic carbocycles. The molecule has 1 fully saturated rings. The summed E-state index contributed by atoms with van der Waals surface area (Å²) < 4.78 is 13.8. The number of hydrogen-bond donors (Lipinski definition) is 1. The van der Waals surface area contributed by atoms with E-state index in [0.29, 0.717) is 17.8 Å². The summed E-state index contributed by atoms with van der Waals surface area (Å²) in [6, 6.07) is 6.79. The van der Waals surface area contributed by atoms with Gasteiger partial charge in [-0.05, 0) is 24.5 Å². The molecule has 0 saturated heterocycles. The van der Waals surface area contributed by atoms with E-state index in [0.717, 1.165) is 12.8 Å². The number of aromatic nitrogens is 1. The van der Waals surface area contributed by atoms with Crippen molar-refractivity contribution in [3.05, 3.63) is 52.2 Å². The van der Waals surface area contributed by atoms with Crippen LogP contribution in [0.15, 0.2) is 35.2 Å². The molecule has 19 heavy (non-hydrogen) atoms. The van der Waals surface area contributed by atoms with Gasteiger partial charge in [0.2, 0.25) is 0 Å². The second kappa shape index (κ2) is 4.74. The van der Waals surface area contributed by atoms with Crippen molar-refractivity contribution in [1.82, 2.24) is 10.3 Å². The van der Waals surface area contributed by atoms with Crippen LogP contribution in [-0.2, 0) is 5.41 Å². The van der Waals surface area contributed by atoms with E-state index in [4.69, 9.17) is 0 Å². The second-order valence-electron chi connectivity index (χ2n) is 4.82. The molecule has 1 aromatic carbocycles. The third-order valence-corrected chi connectivity index (χ3v) is 4.14. The highest BCUT2D eigenvalue weighted by Crippen LogP contribution is 2.48. The van der Waals surface area contributed by atoms with Gasteiger partial charge in [-0.1, -0.05) is 18.2 Å². The number of thiazole rings is 1. The van der Waals surface area contributed by atoms with E-state index in [2.05, 4.69) is 10.3 Å². The monoisotopic (exact) mass is 276 g/mol. The molecule has 0 spiro atoms. The van der Waals surface area contributed by atoms with Gasteiger partial charge in [0.1, 0.15) is 11.5 Å². The fourth-order valence-corrected chi connectivity index (χ4v) is 2.78. The van der Waals surface area contributed by atoms with Crippen molar-refractivity contribution in [3.63, 3.8) is 0 Å². The van der Waals surface area contributed by atoms with Crippen molar-refractivity contribution in [2.45, 2.75) is 18.3 Å². The summed E-state index contributed by atoms with van der Waals surface area (Å²) in [5.41, 5.74) is 2.53. The standard InChI is InChI=1S/C14H13FN2OS/c15-11-4-2-1-3-10(11)14(5-6-14)8-16-13(18)12-7-19-9-17-12/h1-4,7,9H,5-6,8H2,(H,16,18). The van der Waals surface area contributed by atoms with Gasteiger partial charge in [0.25, 0.3) is 5.91 Å². The van der Waals surface area contributed by atoms with Gasteiger partial charge in [0.05, 0.1) is 5.51 Å². The predicted molar refractivity (Wildman–Crippen MR) is 71.8 cm³/mol. The summed E-state index contributed by atoms with van der Waals surface area (Å²) in [6.07, 6.45) is 1.82. The molecule has 5 heteroatoms. The highest BCUT2D eigenvalue weighted by molar-refractivity contribution is 7.07. The summed E-state index contributed by atoms with van der Waals surface area (Å²) in [5, 5.41) is 4.56. The van der Waals surface area contributed by atoms with Gasteiger partial charge in [-0.25, -0.2) is 9.37 Å². The highest BCUT2D eigenvalue weighted by atomic mass is 32.1. The van der Waals surface area contributed by atoms with Gasteiger partial charge in [0, 0.05) is 17.3 Å². The fourth-order valence-electron chi connectivity index (χ4n) is 2.25. The molecule has 1 heterocycles. The van der Waals surface area contributed by atoms with Crippen molar-refractivity contribution >= 4 is 17.2 Å². The lowest BCUT2D eigenvalue weighted by Crippen LogP contribution is -2.32. The number of hydrogen-bond acceptors (Lipinski definition) is 3. The zero-order valence-electron chi connectivity index (χ0n) is 10.2. The van der Waals surface area contributed by atoms with Crippen LogP contribution in [0.3, 0.4) is 0 Å². The molecule has 3 rings (SSSR count). The molecule has 1 saturated carbocycles. The lowest BCUT2D eigenvalue weighted by molar-refractivity contribution is 0.0945. The maximum absolute atomic E-state index is 13.8. The summed E-state index contributed by atoms with van der Waals surface area (Å²) in [4.78, 5) is 15.8. The Morgan fingerprint density at radius 3 is 2.84 bits per heavy atom. The number of amides is 1. The first-order valence-corrected chi connectivity index (χ1v) is 7.07. The van der Waals surface area contributed by atoms with Crippen molar-refractivity contribution in [2.75, 3.05) is 6.54 Å². The molecule has 0 unspecified atom stereocenters. The number of halogens is 1. The van der Waals surface area contributed by atoms with E-state index >= 15 is 0 Å². The van der Waals surface area contributed by atoms with Crippen LogP contribution >= 0.6 is 11.3 Å². The van der Waals surface area contributed by atoms with E-state index in [-0.39, 0.29) is 17.1 Å². The van der Waals surface area contributed by atoms with Gasteiger partial charge in [-0.2, -0.15) is 0 Å². The number of nitrogens with one attached hydrogen (secondary N) is 1. The Kier molecular flexibility index (Phi) is 3.06. The Labute approximate surface area is 114 Å². The molecule has 1 amide bonds. The quantitative estimate of drug-likeness (QED) is 0.933. The molecule has 0 radical (unpaired) electrons. The number of benzene rings is 1. The summed E-state index contributed by atoms with van der Waals surface area (Å²) in [6.45, 7) is 0.463. The van der Waals surface area contributed by atoms with Gasteiger partial charge >= 0.3 is 0 Å². The molecular formula is C14H13FN2OS. The van der Waals surface area contributed by atoms with Gasteiger partial charge in [-0.3, -0.25) is 4.79 Å². The fraction of sp³-hybridized carbons (Fsp3) is 0.286. The lowest BCUT2D eigenvalue weighted by atomic mass is 9.95. The summed E-state index contributed by atoms with van der Waals surface area (Å²) in [5.74, 6) is -0.383. The Morgan fingerprint density at radius 1 is 1.42 bits per heavy atom. The first kappa shape index (κ1) is 12.3. The Bertz CT molecular complexity index is 593. The molecule has 1 aliphatic rings. The van der Waals surface area contributed by atoms with E-state index in [1.54, 1.807) is 23.0 Å². The molecule has 1 aromatic heterocycles. The molecule has 2 aromatic rings. The van der Waals surface area contributed by atoms with Crippen LogP contribution in [-0.4, -0.2) is 17.4 Å². The first-order chi connectivity index (χ1) is 9.21. The highest BCUT2D eigenvalue weighted by Gasteiger charge is 2.46. The average molecular weight is 276 g/mol. The van der Waals surface area contributed by atoms with E-state index in [1.165, 1.54) is 17.4 Å². The predicted octanol–water partition coefficient (Wildman–Crippen LogP) is 2.74. The minimum Gasteiger partial charge on any atom is -0.350 e. The van der Waals surface area contributed by atoms with Crippen LogP contribution in [0, 0.1) is 5.82 Å². The molecule has 3 nitrogen and oxygen atoms in total. The molecule has 0 bridgehead atoms. The minimum absolute atomic E-state index is 0.191. The molecular weight excluding hydrogens is 263 g/mol. The van der Waals surface area contributed by atoms with Crippen LogP contribution in [0.2, 0.25) is 0 Å². The SMILES string of the molecule is O=C(NCC1(c2ccccc2F)CC1)c1cscn1. The summed E-state index contributed by atoms with van der Waals surface area (Å²) >= 11 is 1.38. The van der Waals surface area contributed by atoms with Crippen LogP contribution < -0.4 is 5.32 Å². The zero-order chi connectivity index (χ0) is 13.3.